The molecule has 3 aromatic rings. The second-order valence-electron chi connectivity index (χ2n) is 11.0. The number of benzene rings is 2. The van der Waals surface area contributed by atoms with Crippen molar-refractivity contribution >= 4 is 11.9 Å². The smallest absolute Gasteiger partial charge is 0.308 e. The number of ether oxygens (including phenoxy) is 1. The van der Waals surface area contributed by atoms with Gasteiger partial charge in [0.15, 0.2) is 5.82 Å². The van der Waals surface area contributed by atoms with Crippen molar-refractivity contribution in [1.29, 1.82) is 0 Å². The molecule has 1 aliphatic rings. The molecule has 1 aromatic heterocycles. The Morgan fingerprint density at radius 1 is 0.951 bits per heavy atom. The number of likely N-dealkylation sites (N-methyl/N-ethyl adjacent to an activating group) is 1. The zero-order chi connectivity index (χ0) is 29.2. The van der Waals surface area contributed by atoms with Crippen LogP contribution in [0.5, 0.6) is 5.75 Å². The third kappa shape index (κ3) is 8.13. The van der Waals surface area contributed by atoms with Crippen molar-refractivity contribution in [2.75, 3.05) is 26.7 Å². The highest BCUT2D eigenvalue weighted by Crippen LogP contribution is 2.25. The Labute approximate surface area is 243 Å². The van der Waals surface area contributed by atoms with E-state index >= 15 is 0 Å². The van der Waals surface area contributed by atoms with Crippen LogP contribution in [0.1, 0.15) is 51.5 Å². The van der Waals surface area contributed by atoms with Crippen LogP contribution in [0.4, 0.5) is 0 Å². The van der Waals surface area contributed by atoms with E-state index in [4.69, 9.17) is 4.74 Å². The van der Waals surface area contributed by atoms with Crippen LogP contribution in [0, 0.1) is 11.8 Å². The fourth-order valence-corrected chi connectivity index (χ4v) is 5.29. The first-order chi connectivity index (χ1) is 19.9. The molecule has 2 heterocycles. The molecule has 4 rings (SSSR count). The largest absolute Gasteiger partial charge is 0.494 e. The van der Waals surface area contributed by atoms with Crippen LogP contribution in [0.2, 0.25) is 0 Å². The van der Waals surface area contributed by atoms with Crippen molar-refractivity contribution in [2.45, 2.75) is 58.4 Å². The number of carboxylic acids is 1. The van der Waals surface area contributed by atoms with E-state index in [-0.39, 0.29) is 18.4 Å². The molecule has 1 aliphatic heterocycles. The Morgan fingerprint density at radius 3 is 2.22 bits per heavy atom. The second-order valence-corrected chi connectivity index (χ2v) is 11.0. The molecule has 0 radical (unpaired) electrons. The zero-order valence-corrected chi connectivity index (χ0v) is 24.4. The molecule has 1 fully saturated rings. The van der Waals surface area contributed by atoms with Crippen LogP contribution in [-0.2, 0) is 16.0 Å². The highest BCUT2D eigenvalue weighted by molar-refractivity contribution is 5.84. The number of nitrogens with one attached hydrogen (secondary N) is 1. The molecule has 2 aromatic carbocycles. The second kappa shape index (κ2) is 14.7. The Morgan fingerprint density at radius 2 is 1.61 bits per heavy atom. The van der Waals surface area contributed by atoms with Crippen LogP contribution in [0.15, 0.2) is 60.9 Å². The molecule has 2 N–H and O–H groups in total. The number of carboxylic acid groups (broad SMARTS) is 1. The summed E-state index contributed by atoms with van der Waals surface area (Å²) < 4.78 is 5.87. The molecule has 8 heteroatoms. The number of carbonyl (C=O) groups excluding carboxylic acids is 1. The Kier molecular flexibility index (Phi) is 10.8. The van der Waals surface area contributed by atoms with Crippen molar-refractivity contribution in [3.63, 3.8) is 0 Å². The summed E-state index contributed by atoms with van der Waals surface area (Å²) in [7, 11) is 1.76. The average Bonchev–Trinajstić information content (AvgIpc) is 3.40. The molecule has 2 unspecified atom stereocenters. The summed E-state index contributed by atoms with van der Waals surface area (Å²) in [5.41, 5.74) is 3.87. The summed E-state index contributed by atoms with van der Waals surface area (Å²) >= 11 is 0. The van der Waals surface area contributed by atoms with E-state index in [1.807, 2.05) is 67.8 Å². The average molecular weight is 559 g/mol. The van der Waals surface area contributed by atoms with E-state index in [1.165, 1.54) is 25.7 Å². The third-order valence-electron chi connectivity index (χ3n) is 7.90. The van der Waals surface area contributed by atoms with Gasteiger partial charge in [-0.3, -0.25) is 9.59 Å². The van der Waals surface area contributed by atoms with Gasteiger partial charge in [0.1, 0.15) is 5.75 Å². The summed E-state index contributed by atoms with van der Waals surface area (Å²) in [6.45, 7) is 5.58. The van der Waals surface area contributed by atoms with E-state index in [2.05, 4.69) is 22.2 Å². The van der Waals surface area contributed by atoms with Gasteiger partial charge in [-0.1, -0.05) is 75.9 Å². The number of hydrogen-bond acceptors (Lipinski definition) is 6. The number of carbonyl (C=O) groups is 2. The lowest BCUT2D eigenvalue weighted by atomic mass is 9.99. The zero-order valence-electron chi connectivity index (χ0n) is 24.4. The van der Waals surface area contributed by atoms with Gasteiger partial charge in [-0.05, 0) is 49.1 Å². The maximum atomic E-state index is 13.1. The molecule has 8 nitrogen and oxygen atoms in total. The van der Waals surface area contributed by atoms with Crippen molar-refractivity contribution in [1.82, 2.24) is 20.2 Å². The van der Waals surface area contributed by atoms with Crippen LogP contribution in [-0.4, -0.2) is 64.6 Å². The number of nitrogens with zero attached hydrogens (tertiary/aromatic N) is 3. The first-order valence-electron chi connectivity index (χ1n) is 14.7. The van der Waals surface area contributed by atoms with E-state index in [0.29, 0.717) is 18.8 Å². The number of amides is 1. The van der Waals surface area contributed by atoms with Gasteiger partial charge in [0.25, 0.3) is 0 Å². The lowest BCUT2D eigenvalue weighted by Gasteiger charge is -2.23. The highest BCUT2D eigenvalue weighted by atomic mass is 16.5. The van der Waals surface area contributed by atoms with E-state index < -0.39 is 17.9 Å². The van der Waals surface area contributed by atoms with Gasteiger partial charge < -0.3 is 20.1 Å². The normalized spacial score (nSPS) is 17.4. The monoisotopic (exact) mass is 558 g/mol. The molecule has 0 aliphatic carbocycles. The van der Waals surface area contributed by atoms with Crippen LogP contribution in [0.3, 0.4) is 0 Å². The van der Waals surface area contributed by atoms with Gasteiger partial charge in [-0.2, -0.15) is 0 Å². The Bertz CT molecular complexity index is 1260. The van der Waals surface area contributed by atoms with Crippen LogP contribution < -0.4 is 10.1 Å². The number of likely N-dealkylation sites (tertiary alicyclic amines) is 1. The summed E-state index contributed by atoms with van der Waals surface area (Å²) in [5.74, 6) is 0.0474. The number of hydrogen-bond donors (Lipinski definition) is 2. The third-order valence-corrected chi connectivity index (χ3v) is 7.90. The molecule has 0 bridgehead atoms. The summed E-state index contributed by atoms with van der Waals surface area (Å²) in [4.78, 5) is 35.4. The molecule has 1 saturated heterocycles. The van der Waals surface area contributed by atoms with Gasteiger partial charge in [0.05, 0.1) is 18.6 Å². The van der Waals surface area contributed by atoms with Crippen molar-refractivity contribution in [2.24, 2.45) is 11.8 Å². The Hall–Kier alpha value is -3.78. The maximum absolute atomic E-state index is 13.1. The SMILES string of the molecule is CCCCCCCOc1ccc(-c2cnc(-c3ccc(C[C@H](NC)C(=O)N4CC(C)C(C(=O)O)C4)cc3)nc2)cc1. The summed E-state index contributed by atoms with van der Waals surface area (Å²) in [5, 5.41) is 12.5. The first kappa shape index (κ1) is 30.2. The van der Waals surface area contributed by atoms with Gasteiger partial charge >= 0.3 is 5.97 Å². The lowest BCUT2D eigenvalue weighted by molar-refractivity contribution is -0.142. The molecule has 41 heavy (non-hydrogen) atoms. The van der Waals surface area contributed by atoms with E-state index in [1.54, 1.807) is 11.9 Å². The van der Waals surface area contributed by atoms with Crippen molar-refractivity contribution in [3.05, 3.63) is 66.5 Å². The molecule has 0 spiro atoms. The Balaban J connectivity index is 1.31. The predicted octanol–water partition coefficient (Wildman–Crippen LogP) is 5.47. The fourth-order valence-electron chi connectivity index (χ4n) is 5.29. The molecule has 3 atom stereocenters. The van der Waals surface area contributed by atoms with E-state index in [9.17, 15) is 14.7 Å². The van der Waals surface area contributed by atoms with Gasteiger partial charge in [-0.15, -0.1) is 0 Å². The lowest BCUT2D eigenvalue weighted by Crippen LogP contribution is -2.46. The molecule has 0 saturated carbocycles. The summed E-state index contributed by atoms with van der Waals surface area (Å²) in [6.07, 6.45) is 10.3. The first-order valence-corrected chi connectivity index (χ1v) is 14.7. The molecular weight excluding hydrogens is 516 g/mol. The quantitative estimate of drug-likeness (QED) is 0.253. The van der Waals surface area contributed by atoms with Gasteiger partial charge in [0, 0.05) is 36.6 Å². The summed E-state index contributed by atoms with van der Waals surface area (Å²) in [6, 6.07) is 15.5. The minimum Gasteiger partial charge on any atom is -0.494 e. The van der Waals surface area contributed by atoms with Crippen molar-refractivity contribution in [3.8, 4) is 28.3 Å². The fraction of sp³-hybridized carbons (Fsp3) is 0.455. The molecule has 218 valence electrons. The minimum atomic E-state index is -0.842. The van der Waals surface area contributed by atoms with Gasteiger partial charge in [0.2, 0.25) is 5.91 Å². The van der Waals surface area contributed by atoms with Crippen LogP contribution >= 0.6 is 0 Å². The highest BCUT2D eigenvalue weighted by Gasteiger charge is 2.38. The maximum Gasteiger partial charge on any atom is 0.308 e. The van der Waals surface area contributed by atoms with Crippen molar-refractivity contribution < 1.29 is 19.4 Å². The predicted molar refractivity (Wildman–Crippen MR) is 161 cm³/mol. The number of aliphatic carboxylic acids is 1. The number of rotatable bonds is 14. The van der Waals surface area contributed by atoms with Crippen LogP contribution in [0.25, 0.3) is 22.5 Å². The molecule has 1 amide bonds. The minimum absolute atomic E-state index is 0.0529. The van der Waals surface area contributed by atoms with Gasteiger partial charge in [-0.25, -0.2) is 9.97 Å². The topological polar surface area (TPSA) is 105 Å². The van der Waals surface area contributed by atoms with E-state index in [0.717, 1.165) is 41.0 Å². The molecular formula is C33H42N4O4. The number of unbranched alkanes of at least 4 members (excludes halogenated alkanes) is 4. The number of aromatic nitrogens is 2. The standard InChI is InChI=1S/C33H42N4O4/c1-4-5-6-7-8-17-41-28-15-13-25(14-16-28)27-19-35-31(36-20-27)26-11-9-24(10-12-26)18-30(34-3)32(38)37-21-23(2)29(22-37)33(39)40/h9-16,19-20,23,29-30,34H,4-8,17-18,21-22H2,1-3H3,(H,39,40)/t23?,29?,30-/m0/s1.